The lowest BCUT2D eigenvalue weighted by atomic mass is 10.00. The molecule has 0 atom stereocenters. The summed E-state index contributed by atoms with van der Waals surface area (Å²) in [5.41, 5.74) is 2.55. The highest BCUT2D eigenvalue weighted by Gasteiger charge is 2.31. The van der Waals surface area contributed by atoms with E-state index in [1.54, 1.807) is 36.0 Å². The Morgan fingerprint density at radius 1 is 0.714 bits per heavy atom. The van der Waals surface area contributed by atoms with Crippen LogP contribution in [0.25, 0.3) is 0 Å². The molecule has 1 aromatic rings. The number of amides is 3. The van der Waals surface area contributed by atoms with Crippen LogP contribution in [0.2, 0.25) is 0 Å². The van der Waals surface area contributed by atoms with E-state index in [0.29, 0.717) is 62.4 Å². The average molecular weight is 782 g/mol. The molecule has 312 valence electrons. The van der Waals surface area contributed by atoms with Crippen LogP contribution < -0.4 is 10.6 Å². The van der Waals surface area contributed by atoms with Crippen molar-refractivity contribution >= 4 is 47.2 Å². The molecule has 0 aliphatic carbocycles. The minimum atomic E-state index is -0.0746. The number of ketones is 2. The van der Waals surface area contributed by atoms with E-state index in [1.807, 2.05) is 70.5 Å². The number of Topliss-reactive ketones (excluding diaryl/α,β-unsaturated/α-hetero) is 2. The lowest BCUT2D eigenvalue weighted by molar-refractivity contribution is -0.126. The van der Waals surface area contributed by atoms with Crippen molar-refractivity contribution in [2.75, 3.05) is 60.5 Å². The van der Waals surface area contributed by atoms with E-state index in [9.17, 15) is 24.0 Å². The summed E-state index contributed by atoms with van der Waals surface area (Å²) in [4.78, 5) is 67.9. The normalized spacial score (nSPS) is 15.5. The highest BCUT2D eigenvalue weighted by atomic mass is 16.2. The molecule has 3 amide bonds. The smallest absolute Gasteiger partial charge is 0.249 e. The maximum atomic E-state index is 11.8. The molecule has 16 nitrogen and oxygen atoms in total. The minimum Gasteiger partial charge on any atom is -0.344 e. The number of hydrogen-bond donors (Lipinski definition) is 5. The molecule has 0 bridgehead atoms. The molecule has 3 heterocycles. The summed E-state index contributed by atoms with van der Waals surface area (Å²) in [6.07, 6.45) is 2.32. The molecule has 0 spiro atoms. The van der Waals surface area contributed by atoms with Gasteiger partial charge in [-0.2, -0.15) is 0 Å². The highest BCUT2D eigenvalue weighted by molar-refractivity contribution is 6.03. The Balaban J connectivity index is 0.000000419. The molecule has 3 saturated heterocycles. The van der Waals surface area contributed by atoms with Crippen LogP contribution in [0.4, 0.5) is 0 Å². The van der Waals surface area contributed by atoms with E-state index in [0.717, 1.165) is 30.8 Å². The highest BCUT2D eigenvalue weighted by Crippen LogP contribution is 2.17. The predicted molar refractivity (Wildman–Crippen MR) is 221 cm³/mol. The summed E-state index contributed by atoms with van der Waals surface area (Å²) < 4.78 is 0. The Morgan fingerprint density at radius 3 is 1.64 bits per heavy atom. The summed E-state index contributed by atoms with van der Waals surface area (Å²) in [6, 6.07) is 7.58. The molecule has 4 rings (SSSR count). The number of hydrogen-bond acceptors (Lipinski definition) is 9. The van der Waals surface area contributed by atoms with Gasteiger partial charge < -0.3 is 24.9 Å². The fourth-order valence-corrected chi connectivity index (χ4v) is 5.65. The summed E-state index contributed by atoms with van der Waals surface area (Å²) in [5.74, 6) is 1.23. The zero-order valence-corrected chi connectivity index (χ0v) is 34.3. The fraction of sp³-hybridized carbons (Fsp3) is 0.600. The van der Waals surface area contributed by atoms with Crippen molar-refractivity contribution in [1.82, 2.24) is 40.0 Å². The van der Waals surface area contributed by atoms with Gasteiger partial charge >= 0.3 is 0 Å². The number of benzene rings is 1. The van der Waals surface area contributed by atoms with Crippen molar-refractivity contribution in [3.63, 3.8) is 0 Å². The third-order valence-corrected chi connectivity index (χ3v) is 9.13. The number of likely N-dealkylation sites (N-methyl/N-ethyl adjacent to an activating group) is 3. The molecule has 0 radical (unpaired) electrons. The van der Waals surface area contributed by atoms with Crippen LogP contribution in [-0.4, -0.2) is 143 Å². The van der Waals surface area contributed by atoms with Crippen LogP contribution in [0.15, 0.2) is 36.5 Å². The zero-order chi connectivity index (χ0) is 41.6. The van der Waals surface area contributed by atoms with Crippen LogP contribution in [0.5, 0.6) is 0 Å². The Kier molecular flexibility index (Phi) is 20.1. The van der Waals surface area contributed by atoms with Crippen LogP contribution in [0.3, 0.4) is 0 Å². The lowest BCUT2D eigenvalue weighted by Crippen LogP contribution is -2.38. The van der Waals surface area contributed by atoms with Gasteiger partial charge in [-0.25, -0.2) is 0 Å². The standard InChI is InChI=1S/C15H19N3O2.C12H23N5O2.C12H21N3O.CH4/c1-10(2)14(20)12-6-4-11(5-7-12)8-18-13(19)9-17(3)15(18)16;1-9(2)14-8-15-10(18)5-4-6-17-11(19)7-16(3)12(17)13;1-9(2)11(16)6-5-7-15-10(3)8-14(4)12(15)13;/h4-7,10,16H,8-9H2,1-3H3;9,13-14H,4-8H2,1-3H3,(H,15,18);9,13H,3,5-8H2,1-2,4H3;1H4. The molecule has 0 saturated carbocycles. The number of carbonyl (C=O) groups is 5. The molecule has 56 heavy (non-hydrogen) atoms. The first-order valence-electron chi connectivity index (χ1n) is 18.9. The second-order valence-corrected chi connectivity index (χ2v) is 15.0. The number of nitrogens with one attached hydrogen (secondary N) is 5. The molecule has 3 fully saturated rings. The molecule has 1 aromatic carbocycles. The summed E-state index contributed by atoms with van der Waals surface area (Å²) >= 11 is 0. The van der Waals surface area contributed by atoms with Gasteiger partial charge in [0.15, 0.2) is 11.7 Å². The van der Waals surface area contributed by atoms with Gasteiger partial charge in [0.05, 0.1) is 32.8 Å². The summed E-state index contributed by atoms with van der Waals surface area (Å²) in [6.45, 7) is 18.7. The van der Waals surface area contributed by atoms with E-state index in [1.165, 1.54) is 9.80 Å². The van der Waals surface area contributed by atoms with Crippen molar-refractivity contribution < 1.29 is 24.0 Å². The molecule has 16 heteroatoms. The third kappa shape index (κ3) is 14.8. The monoisotopic (exact) mass is 782 g/mol. The Hall–Kier alpha value is -5.12. The Bertz CT molecular complexity index is 1570. The van der Waals surface area contributed by atoms with Crippen LogP contribution >= 0.6 is 0 Å². The van der Waals surface area contributed by atoms with E-state index < -0.39 is 0 Å². The second kappa shape index (κ2) is 23.1. The second-order valence-electron chi connectivity index (χ2n) is 15.0. The first-order valence-corrected chi connectivity index (χ1v) is 18.9. The first-order chi connectivity index (χ1) is 25.7. The van der Waals surface area contributed by atoms with E-state index in [4.69, 9.17) is 16.2 Å². The summed E-state index contributed by atoms with van der Waals surface area (Å²) in [7, 11) is 5.32. The van der Waals surface area contributed by atoms with Crippen molar-refractivity contribution in [1.29, 1.82) is 16.2 Å². The topological polar surface area (TPSA) is 200 Å². The van der Waals surface area contributed by atoms with Gasteiger partial charge in [0, 0.05) is 76.2 Å². The van der Waals surface area contributed by atoms with Gasteiger partial charge in [-0.3, -0.25) is 55.3 Å². The van der Waals surface area contributed by atoms with Crippen molar-refractivity contribution in [2.24, 2.45) is 11.8 Å². The van der Waals surface area contributed by atoms with Crippen molar-refractivity contribution in [2.45, 2.75) is 87.2 Å². The molecular formula is C40H67N11O5. The van der Waals surface area contributed by atoms with Crippen LogP contribution in [0, 0.1) is 28.1 Å². The average Bonchev–Trinajstić information content (AvgIpc) is 3.62. The maximum absolute atomic E-state index is 11.8. The van der Waals surface area contributed by atoms with Gasteiger partial charge in [0.25, 0.3) is 0 Å². The quantitative estimate of drug-likeness (QED) is 0.122. The Labute approximate surface area is 334 Å². The lowest BCUT2D eigenvalue weighted by Gasteiger charge is -2.19. The minimum absolute atomic E-state index is 0. The number of rotatable bonds is 16. The first kappa shape index (κ1) is 48.9. The molecular weight excluding hydrogens is 715 g/mol. The predicted octanol–water partition coefficient (Wildman–Crippen LogP) is 3.60. The SMILES string of the molecule is C.C=C1CN(C)C(=N)N1CCCC(=O)C(C)C.CC(C)C(=O)c1ccc(CN2C(=N)N(C)CC2=O)cc1.CC(C)NCNC(=O)CCCN1C(=N)N(C)CC1=O. The van der Waals surface area contributed by atoms with Crippen molar-refractivity contribution in [3.8, 4) is 0 Å². The van der Waals surface area contributed by atoms with E-state index in [2.05, 4.69) is 17.2 Å². The third-order valence-electron chi connectivity index (χ3n) is 9.13. The number of guanidine groups is 3. The number of nitrogens with zero attached hydrogens (tertiary/aromatic N) is 6. The van der Waals surface area contributed by atoms with Gasteiger partial charge in [0.1, 0.15) is 5.78 Å². The molecule has 3 aliphatic rings. The van der Waals surface area contributed by atoms with E-state index in [-0.39, 0.29) is 67.8 Å². The molecule has 3 aliphatic heterocycles. The molecule has 0 aromatic heterocycles. The largest absolute Gasteiger partial charge is 0.344 e. The zero-order valence-electron chi connectivity index (χ0n) is 34.3. The van der Waals surface area contributed by atoms with Crippen molar-refractivity contribution in [3.05, 3.63) is 47.7 Å². The Morgan fingerprint density at radius 2 is 1.20 bits per heavy atom. The van der Waals surface area contributed by atoms with Gasteiger partial charge in [0.2, 0.25) is 29.6 Å². The van der Waals surface area contributed by atoms with E-state index >= 15 is 0 Å². The van der Waals surface area contributed by atoms with Crippen LogP contribution in [-0.2, 0) is 25.7 Å². The van der Waals surface area contributed by atoms with Crippen LogP contribution in [0.1, 0.15) is 90.6 Å². The van der Waals surface area contributed by atoms with Gasteiger partial charge in [-0.1, -0.05) is 66.0 Å². The molecule has 5 N–H and O–H groups in total. The number of carbonyl (C=O) groups excluding carboxylic acids is 5. The van der Waals surface area contributed by atoms with Gasteiger partial charge in [-0.15, -0.1) is 0 Å². The molecule has 0 unspecified atom stereocenters. The summed E-state index contributed by atoms with van der Waals surface area (Å²) in [5, 5.41) is 29.2. The van der Waals surface area contributed by atoms with Gasteiger partial charge in [-0.05, 0) is 32.3 Å². The fourth-order valence-electron chi connectivity index (χ4n) is 5.65. The maximum Gasteiger partial charge on any atom is 0.249 e.